The molecule has 0 heterocycles. The fraction of sp³-hybridized carbons (Fsp3) is 0.600. The van der Waals surface area contributed by atoms with E-state index in [1.807, 2.05) is 23.9 Å². The van der Waals surface area contributed by atoms with E-state index in [1.165, 1.54) is 11.3 Å². The molecule has 1 aromatic carbocycles. The molecule has 0 amide bonds. The number of aliphatic hydroxyl groups is 1. The molecule has 0 aliphatic heterocycles. The Balaban J connectivity index is 1.88. The van der Waals surface area contributed by atoms with E-state index in [4.69, 9.17) is 4.74 Å². The Labute approximate surface area is 114 Å². The topological polar surface area (TPSA) is 29.5 Å². The summed E-state index contributed by atoms with van der Waals surface area (Å²) in [4.78, 5) is 0. The lowest BCUT2D eigenvalue weighted by Gasteiger charge is -2.22. The summed E-state index contributed by atoms with van der Waals surface area (Å²) in [7, 11) is 0. The maximum absolute atomic E-state index is 9.97. The lowest BCUT2D eigenvalue weighted by atomic mass is 9.89. The van der Waals surface area contributed by atoms with Crippen molar-refractivity contribution in [3.63, 3.8) is 0 Å². The number of fused-ring (bicyclic) bond motifs is 1. The van der Waals surface area contributed by atoms with Crippen LogP contribution in [0.2, 0.25) is 0 Å². The zero-order valence-electron chi connectivity index (χ0n) is 11.0. The predicted molar refractivity (Wildman–Crippen MR) is 77.5 cm³/mol. The highest BCUT2D eigenvalue weighted by Crippen LogP contribution is 2.32. The first-order chi connectivity index (χ1) is 8.81. The van der Waals surface area contributed by atoms with Gasteiger partial charge in [-0.2, -0.15) is 11.8 Å². The van der Waals surface area contributed by atoms with Crippen LogP contribution in [0.15, 0.2) is 18.2 Å². The molecule has 0 unspecified atom stereocenters. The first-order valence-electron chi connectivity index (χ1n) is 6.82. The molecule has 0 saturated heterocycles. The number of thioether (sulfide) groups is 1. The summed E-state index contributed by atoms with van der Waals surface area (Å²) >= 11 is 1.95. The number of benzene rings is 1. The molecule has 2 nitrogen and oxygen atoms in total. The maximum Gasteiger partial charge on any atom is 0.119 e. The minimum Gasteiger partial charge on any atom is -0.494 e. The average Bonchev–Trinajstić information content (AvgIpc) is 2.39. The molecule has 0 radical (unpaired) electrons. The van der Waals surface area contributed by atoms with Crippen molar-refractivity contribution in [3.05, 3.63) is 29.3 Å². The third kappa shape index (κ3) is 3.66. The van der Waals surface area contributed by atoms with Gasteiger partial charge in [-0.05, 0) is 60.4 Å². The van der Waals surface area contributed by atoms with Gasteiger partial charge in [-0.25, -0.2) is 0 Å². The number of aryl methyl sites for hydroxylation is 1. The molecule has 18 heavy (non-hydrogen) atoms. The van der Waals surface area contributed by atoms with Gasteiger partial charge in [0.15, 0.2) is 0 Å². The van der Waals surface area contributed by atoms with Crippen molar-refractivity contribution in [2.24, 2.45) is 0 Å². The fourth-order valence-corrected chi connectivity index (χ4v) is 2.95. The standard InChI is InChI=1S/C15H22O2S/c1-2-18-10-4-9-17-13-8-7-12-5-3-6-15(16)14(12)11-13/h7-8,11,15-16H,2-6,9-10H2,1H3/t15-/m1/s1. The Morgan fingerprint density at radius 1 is 1.44 bits per heavy atom. The second kappa shape index (κ2) is 7.05. The van der Waals surface area contributed by atoms with Crippen LogP contribution in [-0.4, -0.2) is 23.2 Å². The minimum absolute atomic E-state index is 0.298. The van der Waals surface area contributed by atoms with E-state index in [1.54, 1.807) is 0 Å². The summed E-state index contributed by atoms with van der Waals surface area (Å²) in [6.07, 6.45) is 3.83. The monoisotopic (exact) mass is 266 g/mol. The van der Waals surface area contributed by atoms with E-state index >= 15 is 0 Å². The Morgan fingerprint density at radius 3 is 3.17 bits per heavy atom. The van der Waals surface area contributed by atoms with Gasteiger partial charge in [0.1, 0.15) is 5.75 Å². The van der Waals surface area contributed by atoms with Crippen LogP contribution in [0.1, 0.15) is 43.4 Å². The van der Waals surface area contributed by atoms with Gasteiger partial charge in [0.05, 0.1) is 12.7 Å². The summed E-state index contributed by atoms with van der Waals surface area (Å²) in [5.41, 5.74) is 2.35. The van der Waals surface area contributed by atoms with Gasteiger partial charge in [-0.1, -0.05) is 13.0 Å². The van der Waals surface area contributed by atoms with Gasteiger partial charge in [0.2, 0.25) is 0 Å². The highest BCUT2D eigenvalue weighted by molar-refractivity contribution is 7.99. The van der Waals surface area contributed by atoms with E-state index < -0.39 is 0 Å². The second-order valence-corrected chi connectivity index (χ2v) is 6.06. The van der Waals surface area contributed by atoms with E-state index in [2.05, 4.69) is 13.0 Å². The van der Waals surface area contributed by atoms with E-state index in [9.17, 15) is 5.11 Å². The Morgan fingerprint density at radius 2 is 2.33 bits per heavy atom. The lowest BCUT2D eigenvalue weighted by Crippen LogP contribution is -2.09. The zero-order valence-corrected chi connectivity index (χ0v) is 11.8. The normalized spacial score (nSPS) is 18.4. The Hall–Kier alpha value is -0.670. The highest BCUT2D eigenvalue weighted by atomic mass is 32.2. The Bertz CT molecular complexity index is 379. The van der Waals surface area contributed by atoms with Crippen LogP contribution in [0, 0.1) is 0 Å². The van der Waals surface area contributed by atoms with Crippen LogP contribution in [0.3, 0.4) is 0 Å². The van der Waals surface area contributed by atoms with Crippen LogP contribution in [0.4, 0.5) is 0 Å². The van der Waals surface area contributed by atoms with Crippen molar-refractivity contribution in [2.45, 2.75) is 38.7 Å². The predicted octanol–water partition coefficient (Wildman–Crippen LogP) is 3.58. The van der Waals surface area contributed by atoms with E-state index in [0.717, 1.165) is 49.4 Å². The highest BCUT2D eigenvalue weighted by Gasteiger charge is 2.18. The molecule has 0 aromatic heterocycles. The van der Waals surface area contributed by atoms with Crippen molar-refractivity contribution in [3.8, 4) is 5.75 Å². The van der Waals surface area contributed by atoms with Gasteiger partial charge >= 0.3 is 0 Å². The molecule has 1 aliphatic carbocycles. The van der Waals surface area contributed by atoms with Gasteiger partial charge in [0, 0.05) is 0 Å². The number of ether oxygens (including phenoxy) is 1. The molecule has 0 saturated carbocycles. The van der Waals surface area contributed by atoms with Crippen LogP contribution >= 0.6 is 11.8 Å². The number of aliphatic hydroxyl groups excluding tert-OH is 1. The lowest BCUT2D eigenvalue weighted by molar-refractivity contribution is 0.156. The first-order valence-corrected chi connectivity index (χ1v) is 7.98. The van der Waals surface area contributed by atoms with Crippen molar-refractivity contribution in [1.82, 2.24) is 0 Å². The number of rotatable bonds is 6. The van der Waals surface area contributed by atoms with Crippen LogP contribution in [0.5, 0.6) is 5.75 Å². The van der Waals surface area contributed by atoms with E-state index in [-0.39, 0.29) is 6.10 Å². The SMILES string of the molecule is CCSCCCOc1ccc2c(c1)[C@H](O)CCC2. The van der Waals surface area contributed by atoms with Crippen molar-refractivity contribution in [1.29, 1.82) is 0 Å². The number of hydrogen-bond donors (Lipinski definition) is 1. The molecule has 1 N–H and O–H groups in total. The summed E-state index contributed by atoms with van der Waals surface area (Å²) in [6.45, 7) is 2.94. The average molecular weight is 266 g/mol. The Kier molecular flexibility index (Phi) is 5.39. The molecule has 100 valence electrons. The van der Waals surface area contributed by atoms with Gasteiger partial charge in [-0.15, -0.1) is 0 Å². The molecule has 1 aliphatic rings. The van der Waals surface area contributed by atoms with Crippen molar-refractivity contribution >= 4 is 11.8 Å². The summed E-state index contributed by atoms with van der Waals surface area (Å²) < 4.78 is 5.74. The smallest absolute Gasteiger partial charge is 0.119 e. The third-order valence-corrected chi connectivity index (χ3v) is 4.29. The largest absolute Gasteiger partial charge is 0.494 e. The van der Waals surface area contributed by atoms with Gasteiger partial charge in [0.25, 0.3) is 0 Å². The summed E-state index contributed by atoms with van der Waals surface area (Å²) in [5, 5.41) is 9.97. The third-order valence-electron chi connectivity index (χ3n) is 3.31. The molecular weight excluding hydrogens is 244 g/mol. The summed E-state index contributed by atoms with van der Waals surface area (Å²) in [6, 6.07) is 6.16. The quantitative estimate of drug-likeness (QED) is 0.798. The molecule has 0 bridgehead atoms. The van der Waals surface area contributed by atoms with Crippen LogP contribution in [0.25, 0.3) is 0 Å². The second-order valence-electron chi connectivity index (χ2n) is 4.67. The van der Waals surface area contributed by atoms with E-state index in [0.29, 0.717) is 0 Å². The molecule has 0 fully saturated rings. The fourth-order valence-electron chi connectivity index (χ4n) is 2.34. The minimum atomic E-state index is -0.298. The maximum atomic E-state index is 9.97. The molecule has 2 rings (SSSR count). The molecule has 3 heteroatoms. The van der Waals surface area contributed by atoms with Gasteiger partial charge < -0.3 is 9.84 Å². The van der Waals surface area contributed by atoms with Crippen LogP contribution in [-0.2, 0) is 6.42 Å². The first kappa shape index (κ1) is 13.8. The molecule has 1 atom stereocenters. The van der Waals surface area contributed by atoms with Crippen molar-refractivity contribution < 1.29 is 9.84 Å². The molecule has 1 aromatic rings. The molecular formula is C15H22O2S. The zero-order chi connectivity index (χ0) is 12.8. The van der Waals surface area contributed by atoms with Gasteiger partial charge in [-0.3, -0.25) is 0 Å². The van der Waals surface area contributed by atoms with Crippen LogP contribution < -0.4 is 4.74 Å². The summed E-state index contributed by atoms with van der Waals surface area (Å²) in [5.74, 6) is 3.23. The van der Waals surface area contributed by atoms with Crippen molar-refractivity contribution in [2.75, 3.05) is 18.1 Å². The number of hydrogen-bond acceptors (Lipinski definition) is 3. The molecule has 0 spiro atoms.